The average Bonchev–Trinajstić information content (AvgIpc) is 2.66. The lowest BCUT2D eigenvalue weighted by Gasteiger charge is -2.64. The molecule has 10 rings (SSSR count). The maximum absolute atomic E-state index is 3.01. The number of nitrogens with zero attached hydrogens (tertiary/aromatic N) is 1. The van der Waals surface area contributed by atoms with E-state index in [1.54, 1.807) is 12.8 Å². The van der Waals surface area contributed by atoms with Crippen molar-refractivity contribution in [2.75, 3.05) is 6.54 Å². The third-order valence-corrected chi connectivity index (χ3v) is 11.4. The normalized spacial score (nSPS) is 57.0. The third-order valence-electron chi connectivity index (χ3n) is 11.4. The summed E-state index contributed by atoms with van der Waals surface area (Å²) in [5.41, 5.74) is 1.02. The lowest BCUT2D eigenvalue weighted by molar-refractivity contribution is -0.150. The van der Waals surface area contributed by atoms with Gasteiger partial charge in [-0.05, 0) is 104 Å². The number of fused-ring (bicyclic) bond motifs is 2. The molecule has 1 heteroatoms. The molecule has 0 aromatic rings. The highest BCUT2D eigenvalue weighted by Gasteiger charge is 2.57. The highest BCUT2D eigenvalue weighted by molar-refractivity contribution is 5.08. The molecule has 1 nitrogen and oxygen atoms in total. The summed E-state index contributed by atoms with van der Waals surface area (Å²) in [6.45, 7) is 17.3. The van der Waals surface area contributed by atoms with E-state index in [9.17, 15) is 0 Å². The second kappa shape index (κ2) is 5.74. The lowest BCUT2D eigenvalue weighted by atomic mass is 9.46. The van der Waals surface area contributed by atoms with Crippen LogP contribution in [0, 0.1) is 52.3 Å². The van der Waals surface area contributed by atoms with Gasteiger partial charge in [0, 0.05) is 18.6 Å². The minimum Gasteiger partial charge on any atom is -0.297 e. The fraction of sp³-hybridized carbons (Fsp3) is 1.00. The Morgan fingerprint density at radius 2 is 1.35 bits per heavy atom. The zero-order chi connectivity index (χ0) is 18.4. The van der Waals surface area contributed by atoms with Gasteiger partial charge in [0.15, 0.2) is 0 Å². The molecule has 0 spiro atoms. The van der Waals surface area contributed by atoms with E-state index in [0.717, 1.165) is 53.5 Å². The standard InChI is InChI=1S/C25H43N/c1-15-21-11-18-8-7-17(21)12-22(18)25(5,6)16(2)26-14-19-9-10-20(26)13-23(19)24(15,3)4/h15-23H,7-14H2,1-6H3. The topological polar surface area (TPSA) is 3.24 Å². The van der Waals surface area contributed by atoms with Crippen LogP contribution in [0.4, 0.5) is 0 Å². The molecule has 4 aliphatic carbocycles. The smallest absolute Gasteiger partial charge is 0.0124 e. The molecule has 6 aliphatic heterocycles. The van der Waals surface area contributed by atoms with Crippen LogP contribution in [0.2, 0.25) is 0 Å². The van der Waals surface area contributed by atoms with Gasteiger partial charge in [-0.2, -0.15) is 0 Å². The fourth-order valence-electron chi connectivity index (χ4n) is 9.17. The van der Waals surface area contributed by atoms with Crippen molar-refractivity contribution in [3.05, 3.63) is 0 Å². The molecule has 8 bridgehead atoms. The molecule has 148 valence electrons. The fourth-order valence-corrected chi connectivity index (χ4v) is 9.17. The molecule has 10 unspecified atom stereocenters. The first-order valence-electron chi connectivity index (χ1n) is 12.0. The molecule has 6 heterocycles. The van der Waals surface area contributed by atoms with Gasteiger partial charge in [-0.15, -0.1) is 0 Å². The largest absolute Gasteiger partial charge is 0.297 e. The average molecular weight is 358 g/mol. The number of rotatable bonds is 0. The van der Waals surface area contributed by atoms with Crippen molar-refractivity contribution in [3.63, 3.8) is 0 Å². The Kier molecular flexibility index (Phi) is 3.98. The first kappa shape index (κ1) is 18.0. The molecular weight excluding hydrogens is 314 g/mol. The molecule has 10 fully saturated rings. The summed E-state index contributed by atoms with van der Waals surface area (Å²) >= 11 is 0. The predicted molar refractivity (Wildman–Crippen MR) is 110 cm³/mol. The highest BCUT2D eigenvalue weighted by Crippen LogP contribution is 2.62. The second-order valence-corrected chi connectivity index (χ2v) is 12.5. The van der Waals surface area contributed by atoms with Crippen LogP contribution in [0.3, 0.4) is 0 Å². The molecule has 10 atom stereocenters. The zero-order valence-corrected chi connectivity index (χ0v) is 18.3. The Morgan fingerprint density at radius 1 is 0.692 bits per heavy atom. The van der Waals surface area contributed by atoms with E-state index in [0.29, 0.717) is 10.8 Å². The second-order valence-electron chi connectivity index (χ2n) is 12.5. The van der Waals surface area contributed by atoms with Crippen LogP contribution >= 0.6 is 0 Å². The number of hydrogen-bond acceptors (Lipinski definition) is 1. The monoisotopic (exact) mass is 357 g/mol. The van der Waals surface area contributed by atoms with Gasteiger partial charge < -0.3 is 0 Å². The van der Waals surface area contributed by atoms with Crippen LogP contribution in [-0.4, -0.2) is 23.5 Å². The van der Waals surface area contributed by atoms with Crippen molar-refractivity contribution in [2.45, 2.75) is 98.6 Å². The molecule has 6 saturated heterocycles. The minimum atomic E-state index is 0.485. The van der Waals surface area contributed by atoms with Crippen molar-refractivity contribution in [1.82, 2.24) is 4.90 Å². The summed E-state index contributed by atoms with van der Waals surface area (Å²) in [5, 5.41) is 0. The van der Waals surface area contributed by atoms with Gasteiger partial charge in [-0.3, -0.25) is 4.90 Å². The summed E-state index contributed by atoms with van der Waals surface area (Å²) in [6.07, 6.45) is 10.6. The Morgan fingerprint density at radius 3 is 1.96 bits per heavy atom. The minimum absolute atomic E-state index is 0.485. The van der Waals surface area contributed by atoms with Crippen LogP contribution in [-0.2, 0) is 0 Å². The van der Waals surface area contributed by atoms with E-state index in [-0.39, 0.29) is 0 Å². The van der Waals surface area contributed by atoms with Gasteiger partial charge in [0.1, 0.15) is 0 Å². The van der Waals surface area contributed by atoms with E-state index >= 15 is 0 Å². The SMILES string of the molecule is CC1C2CC3CCC2CC3C(C)(C)C(C)N2CC3CCC2CC3C1(C)C. The van der Waals surface area contributed by atoms with Crippen LogP contribution in [0.5, 0.6) is 0 Å². The molecular formula is C25H43N. The lowest BCUT2D eigenvalue weighted by Crippen LogP contribution is -2.64. The zero-order valence-electron chi connectivity index (χ0n) is 18.3. The van der Waals surface area contributed by atoms with Crippen molar-refractivity contribution in [3.8, 4) is 0 Å². The maximum atomic E-state index is 3.01. The van der Waals surface area contributed by atoms with Gasteiger partial charge in [0.2, 0.25) is 0 Å². The van der Waals surface area contributed by atoms with Crippen LogP contribution < -0.4 is 0 Å². The van der Waals surface area contributed by atoms with Crippen molar-refractivity contribution in [2.24, 2.45) is 52.3 Å². The quantitative estimate of drug-likeness (QED) is 0.497. The van der Waals surface area contributed by atoms with Crippen molar-refractivity contribution in [1.29, 1.82) is 0 Å². The summed E-state index contributed by atoms with van der Waals surface area (Å²) < 4.78 is 0. The first-order valence-corrected chi connectivity index (χ1v) is 12.0. The Hall–Kier alpha value is -0.0400. The van der Waals surface area contributed by atoms with Crippen molar-refractivity contribution >= 4 is 0 Å². The van der Waals surface area contributed by atoms with Crippen LogP contribution in [0.15, 0.2) is 0 Å². The molecule has 10 aliphatic rings. The van der Waals surface area contributed by atoms with Gasteiger partial charge in [-0.25, -0.2) is 0 Å². The Bertz CT molecular complexity index is 513. The molecule has 0 amide bonds. The van der Waals surface area contributed by atoms with Crippen molar-refractivity contribution < 1.29 is 0 Å². The summed E-state index contributed by atoms with van der Waals surface area (Å²) in [5.74, 6) is 6.87. The number of hydrogen-bond donors (Lipinski definition) is 0. The highest BCUT2D eigenvalue weighted by atomic mass is 15.2. The van der Waals surface area contributed by atoms with E-state index in [4.69, 9.17) is 0 Å². The van der Waals surface area contributed by atoms with Gasteiger partial charge in [-0.1, -0.05) is 34.6 Å². The third kappa shape index (κ3) is 2.31. The molecule has 0 radical (unpaired) electrons. The van der Waals surface area contributed by atoms with E-state index in [1.165, 1.54) is 38.6 Å². The molecule has 0 aromatic carbocycles. The first-order chi connectivity index (χ1) is 12.2. The molecule has 0 N–H and O–H groups in total. The van der Waals surface area contributed by atoms with Crippen LogP contribution in [0.1, 0.15) is 86.5 Å². The maximum Gasteiger partial charge on any atom is 0.0124 e. The molecule has 0 aromatic heterocycles. The Balaban J connectivity index is 1.59. The molecule has 4 saturated carbocycles. The predicted octanol–water partition coefficient (Wildman–Crippen LogP) is 6.23. The Labute approximate surface area is 162 Å². The van der Waals surface area contributed by atoms with Gasteiger partial charge in [0.25, 0.3) is 0 Å². The van der Waals surface area contributed by atoms with Crippen LogP contribution in [0.25, 0.3) is 0 Å². The van der Waals surface area contributed by atoms with E-state index < -0.39 is 0 Å². The van der Waals surface area contributed by atoms with E-state index in [2.05, 4.69) is 46.4 Å². The van der Waals surface area contributed by atoms with E-state index in [1.807, 2.05) is 0 Å². The van der Waals surface area contributed by atoms with Gasteiger partial charge in [0.05, 0.1) is 0 Å². The summed E-state index contributed by atoms with van der Waals surface area (Å²) in [6, 6.07) is 1.64. The number of piperidine rings is 2. The molecule has 26 heavy (non-hydrogen) atoms. The summed E-state index contributed by atoms with van der Waals surface area (Å²) in [7, 11) is 0. The van der Waals surface area contributed by atoms with Gasteiger partial charge >= 0.3 is 0 Å². The summed E-state index contributed by atoms with van der Waals surface area (Å²) in [4.78, 5) is 3.01.